The van der Waals surface area contributed by atoms with Crippen molar-refractivity contribution in [3.63, 3.8) is 0 Å². The number of nitrogens with two attached hydrogens (primary N) is 1. The van der Waals surface area contributed by atoms with Crippen LogP contribution in [0.5, 0.6) is 0 Å². The number of carbonyl (C=O) groups excluding carboxylic acids is 11. The van der Waals surface area contributed by atoms with E-state index in [4.69, 9.17) is 5.73 Å². The van der Waals surface area contributed by atoms with Crippen molar-refractivity contribution in [1.82, 2.24) is 61.0 Å². The molecular formula is C70H103N13O11. The minimum atomic E-state index is -1.30. The van der Waals surface area contributed by atoms with E-state index in [0.717, 1.165) is 0 Å². The minimum absolute atomic E-state index is 0.0204. The quantitative estimate of drug-likeness (QED) is 0.0996. The molecule has 3 saturated heterocycles. The summed E-state index contributed by atoms with van der Waals surface area (Å²) in [5, 5.41) is 14.6. The molecule has 3 aliphatic heterocycles. The molecule has 3 aromatic rings. The second kappa shape index (κ2) is 35.3. The number of nitrogens with one attached hydrogen (secondary N) is 5. The third kappa shape index (κ3) is 19.7. The van der Waals surface area contributed by atoms with Crippen molar-refractivity contribution in [2.24, 2.45) is 29.4 Å². The highest BCUT2D eigenvalue weighted by molar-refractivity contribution is 6.00. The number of benzene rings is 2. The Morgan fingerprint density at radius 3 is 1.27 bits per heavy atom. The van der Waals surface area contributed by atoms with Gasteiger partial charge in [-0.2, -0.15) is 0 Å². The lowest BCUT2D eigenvalue weighted by molar-refractivity contribution is -0.151. The van der Waals surface area contributed by atoms with Crippen LogP contribution in [-0.2, 0) is 60.8 Å². The number of amides is 11. The topological polar surface area (TPSA) is 306 Å². The largest absolute Gasteiger partial charge is 0.351 e. The van der Waals surface area contributed by atoms with Gasteiger partial charge < -0.3 is 61.7 Å². The molecule has 514 valence electrons. The SMILES string of the molecule is CC(C)C[C@@H]1NC(=O)[C@H](CCCNC(=O)c2ccccn2)N(C)C(=O)[C@H](C(C)C)NC(=O)[C@@H]2CCCN2C(=O)[C@@H](Cc2ccccc2)N(C)C(=O)[C@H](CC(C)C)NC(=O)[C@H](CCCN)N(C)C(=O)[C@H](C(C)C)NC(=O)[C@@H]2CCCN2C(=O)[C@@H](Cc2ccccc2)N(C)C1=O. The number of likely N-dealkylation sites (N-methyl/N-ethyl adjacent to an activating group) is 4. The lowest BCUT2D eigenvalue weighted by Gasteiger charge is -2.38. The third-order valence-corrected chi connectivity index (χ3v) is 18.3. The fourth-order valence-electron chi connectivity index (χ4n) is 12.8. The van der Waals surface area contributed by atoms with Gasteiger partial charge in [-0.3, -0.25) is 57.7 Å². The van der Waals surface area contributed by atoms with Crippen LogP contribution in [0.4, 0.5) is 0 Å². The first-order chi connectivity index (χ1) is 44.7. The Kier molecular flexibility index (Phi) is 28.1. The molecule has 6 rings (SSSR count). The van der Waals surface area contributed by atoms with Gasteiger partial charge in [-0.1, -0.05) is 122 Å². The molecule has 1 aromatic heterocycles. The zero-order valence-corrected chi connectivity index (χ0v) is 57.2. The van der Waals surface area contributed by atoms with E-state index in [9.17, 15) is 24.0 Å². The van der Waals surface area contributed by atoms with Crippen LogP contribution in [0, 0.1) is 23.7 Å². The van der Waals surface area contributed by atoms with Crippen molar-refractivity contribution < 1.29 is 52.7 Å². The molecule has 24 nitrogen and oxygen atoms in total. The number of carbonyl (C=O) groups is 11. The molecule has 24 heteroatoms. The smallest absolute Gasteiger partial charge is 0.269 e. The average molecular weight is 1300 g/mol. The van der Waals surface area contributed by atoms with Crippen LogP contribution in [0.2, 0.25) is 0 Å². The van der Waals surface area contributed by atoms with Crippen LogP contribution in [0.3, 0.4) is 0 Å². The Balaban J connectivity index is 1.47. The van der Waals surface area contributed by atoms with Crippen LogP contribution in [0.15, 0.2) is 85.1 Å². The number of aromatic nitrogens is 1. The van der Waals surface area contributed by atoms with Gasteiger partial charge in [-0.15, -0.1) is 0 Å². The zero-order valence-electron chi connectivity index (χ0n) is 57.2. The van der Waals surface area contributed by atoms with E-state index < -0.39 is 137 Å². The molecule has 11 amide bonds. The summed E-state index contributed by atoms with van der Waals surface area (Å²) in [7, 11) is 5.87. The Labute approximate surface area is 555 Å². The first kappa shape index (κ1) is 74.8. The first-order valence-electron chi connectivity index (χ1n) is 33.5. The second-order valence-corrected chi connectivity index (χ2v) is 27.0. The maximum Gasteiger partial charge on any atom is 0.269 e. The molecule has 7 N–H and O–H groups in total. The van der Waals surface area contributed by atoms with Crippen LogP contribution < -0.4 is 32.3 Å². The van der Waals surface area contributed by atoms with Gasteiger partial charge in [0.15, 0.2) is 0 Å². The molecule has 0 aliphatic carbocycles. The summed E-state index contributed by atoms with van der Waals surface area (Å²) >= 11 is 0. The summed E-state index contributed by atoms with van der Waals surface area (Å²) in [6.07, 6.45) is 3.58. The molecule has 0 spiro atoms. The monoisotopic (exact) mass is 1300 g/mol. The van der Waals surface area contributed by atoms with E-state index in [0.29, 0.717) is 30.4 Å². The minimum Gasteiger partial charge on any atom is -0.351 e. The van der Waals surface area contributed by atoms with Crippen molar-refractivity contribution in [3.05, 3.63) is 102 Å². The number of pyridine rings is 1. The lowest BCUT2D eigenvalue weighted by atomic mass is 9.97. The van der Waals surface area contributed by atoms with Gasteiger partial charge in [-0.25, -0.2) is 0 Å². The van der Waals surface area contributed by atoms with E-state index in [-0.39, 0.29) is 101 Å². The maximum absolute atomic E-state index is 15.4. The molecule has 4 heterocycles. The molecule has 0 unspecified atom stereocenters. The third-order valence-electron chi connectivity index (χ3n) is 18.3. The van der Waals surface area contributed by atoms with Gasteiger partial charge in [0.2, 0.25) is 59.1 Å². The highest BCUT2D eigenvalue weighted by atomic mass is 16.2. The van der Waals surface area contributed by atoms with Crippen LogP contribution in [0.25, 0.3) is 0 Å². The summed E-state index contributed by atoms with van der Waals surface area (Å²) in [5.74, 6) is -8.08. The Morgan fingerprint density at radius 2 is 0.894 bits per heavy atom. The van der Waals surface area contributed by atoms with Gasteiger partial charge >= 0.3 is 0 Å². The van der Waals surface area contributed by atoms with E-state index in [2.05, 4.69) is 31.6 Å². The van der Waals surface area contributed by atoms with E-state index in [1.54, 1.807) is 58.0 Å². The van der Waals surface area contributed by atoms with Gasteiger partial charge in [0, 0.05) is 66.9 Å². The number of rotatable bonds is 18. The maximum atomic E-state index is 15.4. The molecule has 10 atom stereocenters. The summed E-state index contributed by atoms with van der Waals surface area (Å²) in [5.41, 5.74) is 7.63. The van der Waals surface area contributed by atoms with Crippen LogP contribution in [-0.4, -0.2) is 214 Å². The summed E-state index contributed by atoms with van der Waals surface area (Å²) < 4.78 is 0. The number of hydrogen-bond acceptors (Lipinski definition) is 13. The van der Waals surface area contributed by atoms with Gasteiger partial charge in [0.05, 0.1) is 0 Å². The zero-order chi connectivity index (χ0) is 69.1. The number of nitrogens with zero attached hydrogens (tertiary/aromatic N) is 7. The Hall–Kier alpha value is -8.28. The molecule has 0 saturated carbocycles. The van der Waals surface area contributed by atoms with Crippen LogP contribution in [0.1, 0.15) is 141 Å². The molecule has 2 aromatic carbocycles. The average Bonchev–Trinajstić information content (AvgIpc) is 1.45. The molecule has 0 bridgehead atoms. The van der Waals surface area contributed by atoms with Gasteiger partial charge in [0.1, 0.15) is 66.1 Å². The summed E-state index contributed by atoms with van der Waals surface area (Å²) in [4.78, 5) is 177. The van der Waals surface area contributed by atoms with E-state index in [1.165, 1.54) is 63.8 Å². The Morgan fingerprint density at radius 1 is 0.500 bits per heavy atom. The molecule has 94 heavy (non-hydrogen) atoms. The predicted molar refractivity (Wildman–Crippen MR) is 356 cm³/mol. The van der Waals surface area contributed by atoms with Crippen molar-refractivity contribution in [2.45, 2.75) is 193 Å². The van der Waals surface area contributed by atoms with Gasteiger partial charge in [0.25, 0.3) is 5.91 Å². The fraction of sp³-hybridized carbons (Fsp3) is 0.600. The van der Waals surface area contributed by atoms with Crippen LogP contribution >= 0.6 is 0 Å². The van der Waals surface area contributed by atoms with Crippen molar-refractivity contribution in [1.29, 1.82) is 0 Å². The second-order valence-electron chi connectivity index (χ2n) is 27.0. The van der Waals surface area contributed by atoms with E-state index in [1.807, 2.05) is 76.2 Å². The van der Waals surface area contributed by atoms with Crippen molar-refractivity contribution >= 4 is 65.0 Å². The normalized spacial score (nSPS) is 25.0. The summed E-state index contributed by atoms with van der Waals surface area (Å²) in [6.45, 7) is 15.0. The highest BCUT2D eigenvalue weighted by Crippen LogP contribution is 2.27. The Bertz CT molecular complexity index is 3080. The first-order valence-corrected chi connectivity index (χ1v) is 33.5. The molecule has 3 fully saturated rings. The number of fused-ring (bicyclic) bond motifs is 2. The number of hydrogen-bond donors (Lipinski definition) is 6. The highest BCUT2D eigenvalue weighted by Gasteiger charge is 2.46. The predicted octanol–water partition coefficient (Wildman–Crippen LogP) is 3.46. The standard InChI is InChI=1S/C70H103N13O11/c1-43(2)39-50-65(89)80(11)56(41-47-25-15-13-16-26-47)67(91)83-38-24-33-55(83)64(88)77-59(46(7)8)70(94)79(10)53(31-22-36-73-60(84)49-29-19-20-35-72-49)62(86)75-51(40-44(3)4)66(90)81(12)57(42-48-27-17-14-18-28-48)68(92)82-37-23-32-54(82)63(87)76-58(45(5)6)69(93)78(9)52(30-21-34-71)61(85)74-50/h13-20,25-29,35,43-46,50-59H,21-24,30-34,36-42,71H2,1-12H3,(H,73,84)(H,74,85)(H,75,86)(H,76,87)(H,77,88)/t50-,51-,52-,53-,54-,55-,56+,57+,58-,59-/m0/s1. The van der Waals surface area contributed by atoms with Gasteiger partial charge in [-0.05, 0) is 118 Å². The van der Waals surface area contributed by atoms with E-state index >= 15 is 28.8 Å². The molecular weight excluding hydrogens is 1200 g/mol. The molecule has 0 radical (unpaired) electrons. The van der Waals surface area contributed by atoms with Crippen molar-refractivity contribution in [2.75, 3.05) is 54.4 Å². The summed E-state index contributed by atoms with van der Waals surface area (Å²) in [6, 6.07) is 11.1. The fourth-order valence-corrected chi connectivity index (χ4v) is 12.8. The van der Waals surface area contributed by atoms with Crippen molar-refractivity contribution in [3.8, 4) is 0 Å². The molecule has 3 aliphatic rings. The lowest BCUT2D eigenvalue weighted by Crippen LogP contribution is -2.62.